The summed E-state index contributed by atoms with van der Waals surface area (Å²) in [6, 6.07) is 15.0. The van der Waals surface area contributed by atoms with Gasteiger partial charge in [-0.05, 0) is 69.1 Å². The number of ether oxygens (including phenoxy) is 1. The van der Waals surface area contributed by atoms with Crippen molar-refractivity contribution >= 4 is 40.7 Å². The Kier molecular flexibility index (Phi) is 7.77. The number of hydrogen-bond acceptors (Lipinski definition) is 5. The summed E-state index contributed by atoms with van der Waals surface area (Å²) >= 11 is 1.80. The molecule has 0 spiro atoms. The number of hydrogen-bond donors (Lipinski definition) is 1. The molecule has 1 N–H and O–H groups in total. The van der Waals surface area contributed by atoms with E-state index in [-0.39, 0.29) is 5.60 Å². The molecule has 1 aromatic heterocycles. The number of thiazole rings is 1. The van der Waals surface area contributed by atoms with Crippen molar-refractivity contribution in [2.24, 2.45) is 0 Å². The van der Waals surface area contributed by atoms with E-state index in [9.17, 15) is 4.79 Å². The Labute approximate surface area is 183 Å². The molecule has 0 amide bonds. The summed E-state index contributed by atoms with van der Waals surface area (Å²) in [5.74, 6) is 0.640. The number of rotatable bonds is 4. The predicted molar refractivity (Wildman–Crippen MR) is 127 cm³/mol. The molecule has 0 atom stereocenters. The molecule has 1 aliphatic heterocycles. The zero-order valence-corrected chi connectivity index (χ0v) is 18.7. The Bertz CT molecular complexity index is 977. The molecular weight excluding hydrogens is 392 g/mol. The monoisotopic (exact) mass is 422 g/mol. The van der Waals surface area contributed by atoms with Gasteiger partial charge in [-0.3, -0.25) is 4.79 Å². The quantitative estimate of drug-likeness (QED) is 0.533. The maximum absolute atomic E-state index is 9.60. The minimum Gasteiger partial charge on any atom is -0.462 e. The minimum absolute atomic E-state index is 0.318. The van der Waals surface area contributed by atoms with E-state index in [0.29, 0.717) is 12.4 Å². The molecule has 30 heavy (non-hydrogen) atoms. The van der Waals surface area contributed by atoms with E-state index in [1.54, 1.807) is 11.3 Å². The van der Waals surface area contributed by atoms with Gasteiger partial charge in [-0.2, -0.15) is 0 Å². The highest BCUT2D eigenvalue weighted by molar-refractivity contribution is 7.09. The molecule has 0 radical (unpaired) electrons. The Balaban J connectivity index is 0.000000318. The van der Waals surface area contributed by atoms with Crippen LogP contribution in [0.15, 0.2) is 47.8 Å². The van der Waals surface area contributed by atoms with Gasteiger partial charge < -0.3 is 10.1 Å². The molecular formula is C25H30N2O2S. The van der Waals surface area contributed by atoms with Crippen LogP contribution in [0.4, 0.5) is 0 Å². The van der Waals surface area contributed by atoms with Crippen molar-refractivity contribution in [3.63, 3.8) is 0 Å². The Hall–Kier alpha value is -2.50. The van der Waals surface area contributed by atoms with Gasteiger partial charge >= 0.3 is 0 Å². The standard InChI is InChI=1S/C20H20N2S.C5H10O2/c1-2-7-19-15(4-1)5-3-6-16(19)8-9-18-14-23-20(22-18)17-10-12-21-13-11-17;1-5(2,3)7-4-6/h1-9,14,17,21H,10-13H2;4H,1-3H3/b9-8-;. The lowest BCUT2D eigenvalue weighted by Crippen LogP contribution is -2.26. The summed E-state index contributed by atoms with van der Waals surface area (Å²) < 4.78 is 4.55. The fourth-order valence-electron chi connectivity index (χ4n) is 3.35. The van der Waals surface area contributed by atoms with Gasteiger partial charge in [0.2, 0.25) is 0 Å². The number of nitrogens with zero attached hydrogens (tertiary/aromatic N) is 1. The normalized spacial score (nSPS) is 15.0. The van der Waals surface area contributed by atoms with Gasteiger partial charge in [-0.25, -0.2) is 4.98 Å². The zero-order chi connectivity index (χ0) is 21.4. The van der Waals surface area contributed by atoms with Crippen molar-refractivity contribution in [2.45, 2.75) is 45.1 Å². The average molecular weight is 423 g/mol. The molecule has 4 rings (SSSR count). The van der Waals surface area contributed by atoms with E-state index in [1.807, 2.05) is 20.8 Å². The zero-order valence-electron chi connectivity index (χ0n) is 17.9. The van der Waals surface area contributed by atoms with Gasteiger partial charge in [0, 0.05) is 11.3 Å². The van der Waals surface area contributed by atoms with Crippen molar-refractivity contribution in [1.29, 1.82) is 0 Å². The number of nitrogens with one attached hydrogen (secondary N) is 1. The molecule has 4 nitrogen and oxygen atoms in total. The Morgan fingerprint density at radius 2 is 1.80 bits per heavy atom. The van der Waals surface area contributed by atoms with Crippen molar-refractivity contribution < 1.29 is 9.53 Å². The fraction of sp³-hybridized carbons (Fsp3) is 0.360. The maximum atomic E-state index is 9.60. The fourth-order valence-corrected chi connectivity index (χ4v) is 4.31. The van der Waals surface area contributed by atoms with Crippen LogP contribution in [0.2, 0.25) is 0 Å². The van der Waals surface area contributed by atoms with Crippen LogP contribution in [-0.2, 0) is 9.53 Å². The molecule has 0 bridgehead atoms. The lowest BCUT2D eigenvalue weighted by Gasteiger charge is -2.20. The van der Waals surface area contributed by atoms with E-state index in [4.69, 9.17) is 4.98 Å². The van der Waals surface area contributed by atoms with Crippen LogP contribution in [0.25, 0.3) is 22.9 Å². The summed E-state index contributed by atoms with van der Waals surface area (Å²) in [5, 5.41) is 9.47. The molecule has 1 saturated heterocycles. The Morgan fingerprint density at radius 3 is 2.50 bits per heavy atom. The van der Waals surface area contributed by atoms with E-state index < -0.39 is 0 Å². The largest absolute Gasteiger partial charge is 0.462 e. The Morgan fingerprint density at radius 1 is 1.07 bits per heavy atom. The highest BCUT2D eigenvalue weighted by Crippen LogP contribution is 2.28. The van der Waals surface area contributed by atoms with Gasteiger partial charge in [0.1, 0.15) is 5.60 Å². The van der Waals surface area contributed by atoms with E-state index >= 15 is 0 Å². The van der Waals surface area contributed by atoms with Crippen LogP contribution in [0, 0.1) is 0 Å². The van der Waals surface area contributed by atoms with Gasteiger partial charge in [0.15, 0.2) is 0 Å². The predicted octanol–water partition coefficient (Wildman–Crippen LogP) is 5.89. The van der Waals surface area contributed by atoms with Crippen LogP contribution in [-0.4, -0.2) is 30.1 Å². The number of carbonyl (C=O) groups is 1. The average Bonchev–Trinajstić information content (AvgIpc) is 3.22. The molecule has 0 unspecified atom stereocenters. The van der Waals surface area contributed by atoms with Crippen LogP contribution in [0.1, 0.15) is 55.8 Å². The lowest BCUT2D eigenvalue weighted by molar-refractivity contribution is -0.138. The van der Waals surface area contributed by atoms with Gasteiger partial charge in [-0.1, -0.05) is 48.5 Å². The van der Waals surface area contributed by atoms with Crippen molar-refractivity contribution in [1.82, 2.24) is 10.3 Å². The first-order valence-electron chi connectivity index (χ1n) is 10.4. The van der Waals surface area contributed by atoms with Gasteiger partial charge in [0.05, 0.1) is 10.7 Å². The molecule has 2 heterocycles. The first kappa shape index (κ1) is 22.2. The van der Waals surface area contributed by atoms with E-state index in [0.717, 1.165) is 18.8 Å². The van der Waals surface area contributed by atoms with Crippen LogP contribution >= 0.6 is 11.3 Å². The number of piperidine rings is 1. The smallest absolute Gasteiger partial charge is 0.293 e. The van der Waals surface area contributed by atoms with Crippen LogP contribution in [0.3, 0.4) is 0 Å². The second-order valence-electron chi connectivity index (χ2n) is 8.36. The number of benzene rings is 2. The SMILES string of the molecule is C(=C/c1cccc2ccccc12)/c1csc(C2CCNCC2)n1.CC(C)(C)OC=O. The molecule has 158 valence electrons. The second kappa shape index (κ2) is 10.5. The number of fused-ring (bicyclic) bond motifs is 1. The van der Waals surface area contributed by atoms with Crippen molar-refractivity contribution in [2.75, 3.05) is 13.1 Å². The van der Waals surface area contributed by atoms with E-state index in [2.05, 4.69) is 70.1 Å². The van der Waals surface area contributed by atoms with Gasteiger partial charge in [0.25, 0.3) is 6.47 Å². The molecule has 2 aromatic carbocycles. The minimum atomic E-state index is -0.318. The lowest BCUT2D eigenvalue weighted by atomic mass is 9.99. The molecule has 3 aromatic rings. The summed E-state index contributed by atoms with van der Waals surface area (Å²) in [4.78, 5) is 14.4. The first-order valence-corrected chi connectivity index (χ1v) is 11.3. The molecule has 0 saturated carbocycles. The summed E-state index contributed by atoms with van der Waals surface area (Å²) in [5.41, 5.74) is 2.01. The molecule has 1 aliphatic rings. The van der Waals surface area contributed by atoms with Crippen molar-refractivity contribution in [3.8, 4) is 0 Å². The van der Waals surface area contributed by atoms with Crippen molar-refractivity contribution in [3.05, 3.63) is 64.1 Å². The van der Waals surface area contributed by atoms with Crippen LogP contribution < -0.4 is 5.32 Å². The highest BCUT2D eigenvalue weighted by Gasteiger charge is 2.17. The molecule has 0 aliphatic carbocycles. The highest BCUT2D eigenvalue weighted by atomic mass is 32.1. The van der Waals surface area contributed by atoms with Crippen LogP contribution in [0.5, 0.6) is 0 Å². The third-order valence-electron chi connectivity index (χ3n) is 4.89. The van der Waals surface area contributed by atoms with E-state index in [1.165, 1.54) is 34.2 Å². The summed E-state index contributed by atoms with van der Waals surface area (Å²) in [6.07, 6.45) is 6.74. The summed E-state index contributed by atoms with van der Waals surface area (Å²) in [6.45, 7) is 8.15. The second-order valence-corrected chi connectivity index (χ2v) is 9.25. The molecule has 1 fully saturated rings. The maximum Gasteiger partial charge on any atom is 0.293 e. The first-order chi connectivity index (χ1) is 14.5. The molecule has 5 heteroatoms. The topological polar surface area (TPSA) is 51.2 Å². The third kappa shape index (κ3) is 6.51. The number of aromatic nitrogens is 1. The van der Waals surface area contributed by atoms with Gasteiger partial charge in [-0.15, -0.1) is 11.3 Å². The summed E-state index contributed by atoms with van der Waals surface area (Å²) in [7, 11) is 0. The third-order valence-corrected chi connectivity index (χ3v) is 5.91. The number of carbonyl (C=O) groups excluding carboxylic acids is 1.